The van der Waals surface area contributed by atoms with Gasteiger partial charge in [0.2, 0.25) is 5.91 Å². The Morgan fingerprint density at radius 1 is 1.00 bits per heavy atom. The van der Waals surface area contributed by atoms with Crippen LogP contribution in [0.4, 0.5) is 5.69 Å². The Balaban J connectivity index is 1.75. The zero-order valence-electron chi connectivity index (χ0n) is 22.0. The van der Waals surface area contributed by atoms with Crippen LogP contribution in [-0.2, 0) is 4.79 Å². The normalized spacial score (nSPS) is 12.0. The number of pyridine rings is 1. The molecule has 37 heavy (non-hydrogen) atoms. The number of carbonyl (C=O) groups excluding carboxylic acids is 2. The van der Waals surface area contributed by atoms with E-state index in [2.05, 4.69) is 20.6 Å². The van der Waals surface area contributed by atoms with Crippen molar-refractivity contribution in [2.75, 3.05) is 26.5 Å². The van der Waals surface area contributed by atoms with E-state index in [1.165, 1.54) is 4.90 Å². The fourth-order valence-electron chi connectivity index (χ4n) is 4.32. The van der Waals surface area contributed by atoms with Crippen LogP contribution in [0.2, 0.25) is 0 Å². The molecular formula is C29H33N5O3. The maximum atomic E-state index is 13.1. The summed E-state index contributed by atoms with van der Waals surface area (Å²) in [5.41, 5.74) is 5.23. The third-order valence-electron chi connectivity index (χ3n) is 6.15. The van der Waals surface area contributed by atoms with Gasteiger partial charge in [0.1, 0.15) is 11.4 Å². The highest BCUT2D eigenvalue weighted by Crippen LogP contribution is 2.36. The largest absolute Gasteiger partial charge is 0.496 e. The zero-order valence-corrected chi connectivity index (χ0v) is 22.0. The first-order valence-electron chi connectivity index (χ1n) is 12.2. The Labute approximate surface area is 217 Å². The predicted molar refractivity (Wildman–Crippen MR) is 148 cm³/mol. The average molecular weight is 500 g/mol. The Morgan fingerprint density at radius 2 is 1.76 bits per heavy atom. The van der Waals surface area contributed by atoms with E-state index in [0.717, 1.165) is 39.0 Å². The molecule has 4 rings (SSSR count). The monoisotopic (exact) mass is 499 g/mol. The summed E-state index contributed by atoms with van der Waals surface area (Å²) in [4.78, 5) is 35.2. The fourth-order valence-corrected chi connectivity index (χ4v) is 4.32. The van der Waals surface area contributed by atoms with Gasteiger partial charge in [0, 0.05) is 54.6 Å². The number of para-hydroxylation sites is 1. The molecule has 0 aliphatic heterocycles. The summed E-state index contributed by atoms with van der Waals surface area (Å²) in [6.07, 6.45) is 3.70. The van der Waals surface area contributed by atoms with Gasteiger partial charge in [-0.05, 0) is 36.8 Å². The van der Waals surface area contributed by atoms with Crippen LogP contribution in [0.5, 0.6) is 5.75 Å². The lowest BCUT2D eigenvalue weighted by Gasteiger charge is -2.19. The number of hydrogen-bond donors (Lipinski definition) is 3. The number of H-pyrrole nitrogens is 1. The van der Waals surface area contributed by atoms with E-state index in [1.807, 2.05) is 56.4 Å². The van der Waals surface area contributed by atoms with Crippen LogP contribution in [0.25, 0.3) is 33.3 Å². The highest BCUT2D eigenvalue weighted by Gasteiger charge is 2.20. The molecule has 8 heteroatoms. The first kappa shape index (κ1) is 25.9. The maximum absolute atomic E-state index is 13.1. The molecule has 0 saturated carbocycles. The highest BCUT2D eigenvalue weighted by atomic mass is 16.5. The molecule has 4 aromatic rings. The minimum Gasteiger partial charge on any atom is -0.496 e. The van der Waals surface area contributed by atoms with Crippen molar-refractivity contribution in [3.05, 3.63) is 66.5 Å². The smallest absolute Gasteiger partial charge is 0.255 e. The van der Waals surface area contributed by atoms with Crippen molar-refractivity contribution < 1.29 is 14.3 Å². The lowest BCUT2D eigenvalue weighted by atomic mass is 9.99. The number of benzene rings is 2. The SMILES string of the molecule is COc1ccccc1-c1c[nH]c2ncc(-c3ccc(NC(=O)[C@H](C)NC(C)C)c(C(=O)N(C)C)c3)cc12. The molecule has 0 fully saturated rings. The molecule has 192 valence electrons. The average Bonchev–Trinajstić information content (AvgIpc) is 3.31. The van der Waals surface area contributed by atoms with E-state index in [1.54, 1.807) is 46.5 Å². The quantitative estimate of drug-likeness (QED) is 0.319. The molecule has 2 aromatic carbocycles. The molecule has 0 saturated heterocycles. The number of carbonyl (C=O) groups is 2. The first-order valence-corrected chi connectivity index (χ1v) is 12.2. The minimum absolute atomic E-state index is 0.155. The topological polar surface area (TPSA) is 99.3 Å². The molecule has 2 aromatic heterocycles. The molecule has 1 atom stereocenters. The number of aromatic amines is 1. The number of ether oxygens (including phenoxy) is 1. The maximum Gasteiger partial charge on any atom is 0.255 e. The van der Waals surface area contributed by atoms with Crippen molar-refractivity contribution in [3.63, 3.8) is 0 Å². The predicted octanol–water partition coefficient (Wildman–Crippen LogP) is 4.93. The molecule has 0 aliphatic rings. The molecule has 0 radical (unpaired) electrons. The van der Waals surface area contributed by atoms with Gasteiger partial charge < -0.3 is 25.3 Å². The summed E-state index contributed by atoms with van der Waals surface area (Å²) in [7, 11) is 5.04. The Kier molecular flexibility index (Phi) is 7.59. The number of amides is 2. The van der Waals surface area contributed by atoms with Crippen LogP contribution in [0, 0.1) is 0 Å². The minimum atomic E-state index is -0.407. The molecule has 0 aliphatic carbocycles. The number of nitrogens with one attached hydrogen (secondary N) is 3. The third kappa shape index (κ3) is 5.49. The van der Waals surface area contributed by atoms with E-state index < -0.39 is 6.04 Å². The van der Waals surface area contributed by atoms with Crippen LogP contribution in [0.15, 0.2) is 60.9 Å². The van der Waals surface area contributed by atoms with Crippen LogP contribution in [0.1, 0.15) is 31.1 Å². The van der Waals surface area contributed by atoms with Gasteiger partial charge in [-0.25, -0.2) is 4.98 Å². The van der Waals surface area contributed by atoms with Crippen LogP contribution in [0.3, 0.4) is 0 Å². The summed E-state index contributed by atoms with van der Waals surface area (Å²) < 4.78 is 5.56. The standard InChI is InChI=1S/C29H33N5O3/c1-17(2)32-18(3)28(35)33-25-12-11-19(13-23(25)29(36)34(4)5)20-14-22-24(16-31-27(22)30-15-20)21-9-7-8-10-26(21)37-6/h7-18,32H,1-6H3,(H,30,31)(H,33,35)/t18-/m0/s1. The lowest BCUT2D eigenvalue weighted by Crippen LogP contribution is -2.41. The second-order valence-corrected chi connectivity index (χ2v) is 9.52. The molecular weight excluding hydrogens is 466 g/mol. The summed E-state index contributed by atoms with van der Waals surface area (Å²) >= 11 is 0. The molecule has 3 N–H and O–H groups in total. The Hall–Kier alpha value is -4.17. The van der Waals surface area contributed by atoms with E-state index >= 15 is 0 Å². The van der Waals surface area contributed by atoms with Crippen molar-refractivity contribution in [3.8, 4) is 28.0 Å². The van der Waals surface area contributed by atoms with E-state index in [4.69, 9.17) is 4.74 Å². The van der Waals surface area contributed by atoms with Gasteiger partial charge in [-0.15, -0.1) is 0 Å². The van der Waals surface area contributed by atoms with Gasteiger partial charge in [0.15, 0.2) is 0 Å². The van der Waals surface area contributed by atoms with E-state index in [-0.39, 0.29) is 17.9 Å². The van der Waals surface area contributed by atoms with Crippen molar-refractivity contribution in [1.29, 1.82) is 0 Å². The van der Waals surface area contributed by atoms with Crippen LogP contribution >= 0.6 is 0 Å². The van der Waals surface area contributed by atoms with E-state index in [9.17, 15) is 9.59 Å². The second-order valence-electron chi connectivity index (χ2n) is 9.52. The number of nitrogens with zero attached hydrogens (tertiary/aromatic N) is 2. The number of hydrogen-bond acceptors (Lipinski definition) is 5. The molecule has 0 bridgehead atoms. The molecule has 0 unspecified atom stereocenters. The number of methoxy groups -OCH3 is 1. The summed E-state index contributed by atoms with van der Waals surface area (Å²) in [5.74, 6) is 0.368. The molecule has 2 amide bonds. The number of anilines is 1. The van der Waals surface area contributed by atoms with Gasteiger partial charge in [-0.2, -0.15) is 0 Å². The zero-order chi connectivity index (χ0) is 26.7. The molecule has 8 nitrogen and oxygen atoms in total. The van der Waals surface area contributed by atoms with Gasteiger partial charge >= 0.3 is 0 Å². The Morgan fingerprint density at radius 3 is 2.46 bits per heavy atom. The number of fused-ring (bicyclic) bond motifs is 1. The fraction of sp³-hybridized carbons (Fsp3) is 0.276. The first-order chi connectivity index (χ1) is 17.7. The van der Waals surface area contributed by atoms with E-state index in [0.29, 0.717) is 11.3 Å². The third-order valence-corrected chi connectivity index (χ3v) is 6.15. The lowest BCUT2D eigenvalue weighted by molar-refractivity contribution is -0.117. The van der Waals surface area contributed by atoms with Gasteiger partial charge in [-0.1, -0.05) is 38.1 Å². The summed E-state index contributed by atoms with van der Waals surface area (Å²) in [6.45, 7) is 5.76. The molecule has 2 heterocycles. The van der Waals surface area contributed by atoms with Crippen molar-refractivity contribution >= 4 is 28.5 Å². The van der Waals surface area contributed by atoms with Gasteiger partial charge in [0.25, 0.3) is 5.91 Å². The number of aromatic nitrogens is 2. The van der Waals surface area contributed by atoms with Gasteiger partial charge in [-0.3, -0.25) is 9.59 Å². The number of rotatable bonds is 8. The Bertz CT molecular complexity index is 1440. The molecule has 0 spiro atoms. The van der Waals surface area contributed by atoms with Crippen molar-refractivity contribution in [2.45, 2.75) is 32.9 Å². The van der Waals surface area contributed by atoms with Crippen LogP contribution < -0.4 is 15.4 Å². The van der Waals surface area contributed by atoms with Crippen molar-refractivity contribution in [1.82, 2.24) is 20.2 Å². The highest BCUT2D eigenvalue weighted by molar-refractivity contribution is 6.06. The van der Waals surface area contributed by atoms with Crippen LogP contribution in [-0.4, -0.2) is 60.0 Å². The van der Waals surface area contributed by atoms with Gasteiger partial charge in [0.05, 0.1) is 24.4 Å². The summed E-state index contributed by atoms with van der Waals surface area (Å²) in [6, 6.07) is 15.1. The van der Waals surface area contributed by atoms with Crippen molar-refractivity contribution in [2.24, 2.45) is 0 Å². The second kappa shape index (κ2) is 10.8. The summed E-state index contributed by atoms with van der Waals surface area (Å²) in [5, 5.41) is 7.04.